The van der Waals surface area contributed by atoms with Crippen LogP contribution in [0.15, 0.2) is 0 Å². The van der Waals surface area contributed by atoms with Crippen LogP contribution in [0.3, 0.4) is 0 Å². The quantitative estimate of drug-likeness (QED) is 0.878. The normalized spacial score (nSPS) is 25.9. The molecule has 3 rings (SSSR count). The van der Waals surface area contributed by atoms with E-state index in [-0.39, 0.29) is 6.10 Å². The Morgan fingerprint density at radius 1 is 1.44 bits per heavy atom. The molecule has 1 saturated heterocycles. The van der Waals surface area contributed by atoms with Crippen LogP contribution >= 0.6 is 0 Å². The van der Waals surface area contributed by atoms with Crippen LogP contribution in [0, 0.1) is 6.92 Å². The van der Waals surface area contributed by atoms with Crippen molar-refractivity contribution in [2.75, 3.05) is 6.61 Å². The molecule has 2 fully saturated rings. The van der Waals surface area contributed by atoms with Crippen LogP contribution in [-0.2, 0) is 15.1 Å². The summed E-state index contributed by atoms with van der Waals surface area (Å²) in [6.07, 6.45) is 4.05. The van der Waals surface area contributed by atoms with Crippen molar-refractivity contribution >= 4 is 5.97 Å². The number of hydrogen-bond donors (Lipinski definition) is 1. The van der Waals surface area contributed by atoms with Gasteiger partial charge in [0.15, 0.2) is 5.82 Å². The van der Waals surface area contributed by atoms with E-state index in [1.54, 1.807) is 4.57 Å². The number of nitrogens with zero attached hydrogens (tertiary/aromatic N) is 3. The Kier molecular flexibility index (Phi) is 2.62. The molecule has 6 heteroatoms. The highest BCUT2D eigenvalue weighted by Gasteiger charge is 2.49. The van der Waals surface area contributed by atoms with Crippen molar-refractivity contribution in [3.8, 4) is 0 Å². The molecule has 6 nitrogen and oxygen atoms in total. The highest BCUT2D eigenvalue weighted by atomic mass is 16.5. The molecule has 2 heterocycles. The monoisotopic (exact) mass is 251 g/mol. The van der Waals surface area contributed by atoms with Gasteiger partial charge in [-0.1, -0.05) is 0 Å². The number of aliphatic carboxylic acids is 1. The predicted molar refractivity (Wildman–Crippen MR) is 62.1 cm³/mol. The van der Waals surface area contributed by atoms with E-state index in [2.05, 4.69) is 10.2 Å². The minimum absolute atomic E-state index is 0.0944. The number of carboxylic acid groups (broad SMARTS) is 1. The second kappa shape index (κ2) is 4.05. The minimum Gasteiger partial charge on any atom is -0.479 e. The predicted octanol–water partition coefficient (Wildman–Crippen LogP) is 1.40. The van der Waals surface area contributed by atoms with Crippen molar-refractivity contribution < 1.29 is 14.6 Å². The van der Waals surface area contributed by atoms with Crippen LogP contribution in [0.5, 0.6) is 0 Å². The number of carbonyl (C=O) groups is 1. The summed E-state index contributed by atoms with van der Waals surface area (Å²) < 4.78 is 7.42. The standard InChI is InChI=1S/C12H17N3O3/c1-8-13-14-10(9-4-2-7-18-9)15(8)12(11(16)17)5-3-6-12/h9H,2-7H2,1H3,(H,16,17). The lowest BCUT2D eigenvalue weighted by Crippen LogP contribution is -2.49. The summed E-state index contributed by atoms with van der Waals surface area (Å²) in [6, 6.07) is 0. The first kappa shape index (κ1) is 11.6. The first-order chi connectivity index (χ1) is 8.65. The molecule has 1 unspecified atom stereocenters. The lowest BCUT2D eigenvalue weighted by Gasteiger charge is -2.40. The number of aryl methyl sites for hydroxylation is 1. The van der Waals surface area contributed by atoms with Gasteiger partial charge in [-0.2, -0.15) is 0 Å². The Bertz CT molecular complexity index is 473. The third-order valence-corrected chi connectivity index (χ3v) is 4.07. The van der Waals surface area contributed by atoms with Gasteiger partial charge in [0.1, 0.15) is 17.5 Å². The fraction of sp³-hybridized carbons (Fsp3) is 0.750. The van der Waals surface area contributed by atoms with Crippen LogP contribution in [0.25, 0.3) is 0 Å². The number of carboxylic acids is 1. The zero-order valence-electron chi connectivity index (χ0n) is 10.4. The third kappa shape index (κ3) is 1.48. The fourth-order valence-electron chi connectivity index (χ4n) is 2.94. The van der Waals surface area contributed by atoms with E-state index in [4.69, 9.17) is 4.74 Å². The molecular weight excluding hydrogens is 234 g/mol. The molecular formula is C12H17N3O3. The van der Waals surface area contributed by atoms with Crippen molar-refractivity contribution in [1.82, 2.24) is 14.8 Å². The molecule has 0 amide bonds. The van der Waals surface area contributed by atoms with E-state index >= 15 is 0 Å². The average Bonchev–Trinajstić information content (AvgIpc) is 2.87. The van der Waals surface area contributed by atoms with Crippen LogP contribution in [0.4, 0.5) is 0 Å². The zero-order chi connectivity index (χ0) is 12.8. The van der Waals surface area contributed by atoms with E-state index in [1.165, 1.54) is 0 Å². The highest BCUT2D eigenvalue weighted by molar-refractivity contribution is 5.78. The first-order valence-corrected chi connectivity index (χ1v) is 6.42. The molecule has 0 spiro atoms. The van der Waals surface area contributed by atoms with Crippen LogP contribution in [0.2, 0.25) is 0 Å². The van der Waals surface area contributed by atoms with Gasteiger partial charge in [0, 0.05) is 6.61 Å². The number of rotatable bonds is 3. The van der Waals surface area contributed by atoms with E-state index < -0.39 is 11.5 Å². The lowest BCUT2D eigenvalue weighted by molar-refractivity contribution is -0.153. The molecule has 2 aliphatic rings. The number of ether oxygens (including phenoxy) is 1. The van der Waals surface area contributed by atoms with Crippen LogP contribution in [-0.4, -0.2) is 32.4 Å². The van der Waals surface area contributed by atoms with Gasteiger partial charge in [0.2, 0.25) is 0 Å². The minimum atomic E-state index is -0.838. The number of hydrogen-bond acceptors (Lipinski definition) is 4. The van der Waals surface area contributed by atoms with Gasteiger partial charge in [-0.3, -0.25) is 4.57 Å². The molecule has 1 aromatic rings. The highest BCUT2D eigenvalue weighted by Crippen LogP contribution is 2.43. The molecule has 1 aliphatic carbocycles. The second-order valence-corrected chi connectivity index (χ2v) is 5.13. The summed E-state index contributed by atoms with van der Waals surface area (Å²) in [7, 11) is 0. The summed E-state index contributed by atoms with van der Waals surface area (Å²) in [5.74, 6) is 0.575. The first-order valence-electron chi connectivity index (χ1n) is 6.42. The smallest absolute Gasteiger partial charge is 0.329 e. The van der Waals surface area contributed by atoms with E-state index in [0.717, 1.165) is 25.9 Å². The molecule has 18 heavy (non-hydrogen) atoms. The third-order valence-electron chi connectivity index (χ3n) is 4.07. The Morgan fingerprint density at radius 2 is 2.22 bits per heavy atom. The van der Waals surface area contributed by atoms with Gasteiger partial charge >= 0.3 is 5.97 Å². The van der Waals surface area contributed by atoms with Crippen molar-refractivity contribution in [3.63, 3.8) is 0 Å². The molecule has 1 N–H and O–H groups in total. The summed E-state index contributed by atoms with van der Waals surface area (Å²) in [5, 5.41) is 17.7. The molecule has 0 bridgehead atoms. The molecule has 1 aromatic heterocycles. The second-order valence-electron chi connectivity index (χ2n) is 5.13. The molecule has 1 aliphatic heterocycles. The van der Waals surface area contributed by atoms with E-state index in [1.807, 2.05) is 6.92 Å². The van der Waals surface area contributed by atoms with Crippen molar-refractivity contribution in [2.45, 2.75) is 50.7 Å². The molecule has 1 saturated carbocycles. The maximum atomic E-state index is 11.6. The Balaban J connectivity index is 2.05. The van der Waals surface area contributed by atoms with Gasteiger partial charge in [0.05, 0.1) is 0 Å². The topological polar surface area (TPSA) is 77.2 Å². The van der Waals surface area contributed by atoms with Crippen molar-refractivity contribution in [2.24, 2.45) is 0 Å². The summed E-state index contributed by atoms with van der Waals surface area (Å²) in [4.78, 5) is 11.6. The van der Waals surface area contributed by atoms with E-state index in [9.17, 15) is 9.90 Å². The lowest BCUT2D eigenvalue weighted by atomic mass is 9.76. The maximum absolute atomic E-state index is 11.6. The molecule has 0 aromatic carbocycles. The van der Waals surface area contributed by atoms with Gasteiger partial charge < -0.3 is 9.84 Å². The summed E-state index contributed by atoms with van der Waals surface area (Å²) in [6.45, 7) is 2.53. The van der Waals surface area contributed by atoms with Crippen molar-refractivity contribution in [3.05, 3.63) is 11.6 Å². The number of aromatic nitrogens is 3. The van der Waals surface area contributed by atoms with Crippen LogP contribution < -0.4 is 0 Å². The summed E-state index contributed by atoms with van der Waals surface area (Å²) >= 11 is 0. The van der Waals surface area contributed by atoms with Gasteiger partial charge in [0.25, 0.3) is 0 Å². The summed E-state index contributed by atoms with van der Waals surface area (Å²) in [5.41, 5.74) is -0.838. The SMILES string of the molecule is Cc1nnc(C2CCCO2)n1C1(C(=O)O)CCC1. The Labute approximate surface area is 105 Å². The average molecular weight is 251 g/mol. The van der Waals surface area contributed by atoms with Gasteiger partial charge in [-0.15, -0.1) is 10.2 Å². The Hall–Kier alpha value is -1.43. The van der Waals surface area contributed by atoms with Gasteiger partial charge in [-0.25, -0.2) is 4.79 Å². The molecule has 1 atom stereocenters. The Morgan fingerprint density at radius 3 is 2.72 bits per heavy atom. The fourth-order valence-corrected chi connectivity index (χ4v) is 2.94. The molecule has 0 radical (unpaired) electrons. The van der Waals surface area contributed by atoms with E-state index in [0.29, 0.717) is 24.5 Å². The zero-order valence-corrected chi connectivity index (χ0v) is 10.4. The van der Waals surface area contributed by atoms with Gasteiger partial charge in [-0.05, 0) is 39.0 Å². The maximum Gasteiger partial charge on any atom is 0.329 e. The van der Waals surface area contributed by atoms with Crippen molar-refractivity contribution in [1.29, 1.82) is 0 Å². The van der Waals surface area contributed by atoms with Crippen LogP contribution in [0.1, 0.15) is 49.9 Å². The molecule has 98 valence electrons. The largest absolute Gasteiger partial charge is 0.479 e.